The Hall–Kier alpha value is -1.85. The second-order valence-electron chi connectivity index (χ2n) is 8.59. The highest BCUT2D eigenvalue weighted by molar-refractivity contribution is 5.80. The number of carbonyl (C=O) groups is 3. The van der Waals surface area contributed by atoms with Gasteiger partial charge in [0.1, 0.15) is 12.6 Å². The lowest BCUT2D eigenvalue weighted by molar-refractivity contribution is -0.150. The van der Waals surface area contributed by atoms with Gasteiger partial charge in [-0.1, -0.05) is 70.9 Å². The number of nitrogens with one attached hydrogen (secondary N) is 1. The lowest BCUT2D eigenvalue weighted by atomic mass is 10.0. The first-order chi connectivity index (χ1) is 15.5. The Morgan fingerprint density at radius 2 is 1.41 bits per heavy atom. The van der Waals surface area contributed by atoms with Crippen molar-refractivity contribution < 1.29 is 24.2 Å². The van der Waals surface area contributed by atoms with Gasteiger partial charge < -0.3 is 15.2 Å². The van der Waals surface area contributed by atoms with Crippen LogP contribution >= 0.6 is 0 Å². The van der Waals surface area contributed by atoms with Gasteiger partial charge in [0.2, 0.25) is 5.91 Å². The quantitative estimate of drug-likeness (QED) is 0.114. The van der Waals surface area contributed by atoms with Crippen LogP contribution in [0.5, 0.6) is 0 Å². The monoisotopic (exact) mass is 453 g/mol. The van der Waals surface area contributed by atoms with Gasteiger partial charge in [0.25, 0.3) is 0 Å². The predicted octanol–water partition coefficient (Wildman–Crippen LogP) is 6.33. The van der Waals surface area contributed by atoms with E-state index < -0.39 is 5.97 Å². The molecule has 0 aliphatic carbocycles. The first kappa shape index (κ1) is 30.1. The van der Waals surface area contributed by atoms with E-state index >= 15 is 0 Å². The molecule has 2 N–H and O–H groups in total. The molecule has 1 amide bonds. The third-order valence-corrected chi connectivity index (χ3v) is 5.42. The summed E-state index contributed by atoms with van der Waals surface area (Å²) in [6.45, 7) is 4.00. The summed E-state index contributed by atoms with van der Waals surface area (Å²) < 4.78 is 5.74. The maximum Gasteiger partial charge on any atom is 0.322 e. The Morgan fingerprint density at radius 3 is 2.12 bits per heavy atom. The maximum atomic E-state index is 12.2. The average molecular weight is 454 g/mol. The van der Waals surface area contributed by atoms with E-state index in [1.807, 2.05) is 0 Å². The second-order valence-corrected chi connectivity index (χ2v) is 8.59. The van der Waals surface area contributed by atoms with Gasteiger partial charge in [-0.15, -0.1) is 0 Å². The van der Waals surface area contributed by atoms with Crippen LogP contribution in [0.3, 0.4) is 0 Å². The molecule has 1 atom stereocenters. The van der Waals surface area contributed by atoms with Crippen molar-refractivity contribution in [3.63, 3.8) is 0 Å². The largest absolute Gasteiger partial charge is 0.480 e. The molecule has 0 spiro atoms. The van der Waals surface area contributed by atoms with E-state index in [-0.39, 0.29) is 24.5 Å². The van der Waals surface area contributed by atoms with Crippen LogP contribution in [0.2, 0.25) is 0 Å². The molecule has 0 aliphatic heterocycles. The molecule has 0 aromatic heterocycles. The number of amides is 1. The van der Waals surface area contributed by atoms with Gasteiger partial charge in [0, 0.05) is 12.8 Å². The highest BCUT2D eigenvalue weighted by Crippen LogP contribution is 2.16. The number of unbranched alkanes of at least 4 members (excludes halogenated alkanes) is 9. The Morgan fingerprint density at radius 1 is 0.781 bits per heavy atom. The van der Waals surface area contributed by atoms with Crippen molar-refractivity contribution in [1.82, 2.24) is 5.32 Å². The Balaban J connectivity index is 3.87. The van der Waals surface area contributed by atoms with E-state index in [1.54, 1.807) is 0 Å². The summed E-state index contributed by atoms with van der Waals surface area (Å²) >= 11 is 0. The van der Waals surface area contributed by atoms with E-state index in [4.69, 9.17) is 9.84 Å². The average Bonchev–Trinajstić information content (AvgIpc) is 2.76. The molecule has 0 saturated heterocycles. The number of carboxylic acid groups (broad SMARTS) is 1. The normalized spacial score (nSPS) is 12.1. The van der Waals surface area contributed by atoms with Crippen molar-refractivity contribution >= 4 is 17.8 Å². The van der Waals surface area contributed by atoms with Crippen molar-refractivity contribution in [1.29, 1.82) is 0 Å². The molecule has 6 heteroatoms. The first-order valence-electron chi connectivity index (χ1n) is 12.8. The van der Waals surface area contributed by atoms with Crippen molar-refractivity contribution in [3.05, 3.63) is 12.2 Å². The zero-order chi connectivity index (χ0) is 23.9. The van der Waals surface area contributed by atoms with Crippen LogP contribution in [-0.2, 0) is 19.1 Å². The van der Waals surface area contributed by atoms with Crippen molar-refractivity contribution in [2.75, 3.05) is 6.54 Å². The number of hydrogen-bond donors (Lipinski definition) is 2. The van der Waals surface area contributed by atoms with Gasteiger partial charge >= 0.3 is 11.9 Å². The smallest absolute Gasteiger partial charge is 0.322 e. The van der Waals surface area contributed by atoms with E-state index in [2.05, 4.69) is 31.3 Å². The molecule has 0 aliphatic rings. The summed E-state index contributed by atoms with van der Waals surface area (Å²) in [5, 5.41) is 10.9. The fraction of sp³-hybridized carbons (Fsp3) is 0.808. The van der Waals surface area contributed by atoms with Crippen LogP contribution in [0.15, 0.2) is 12.2 Å². The molecule has 0 rings (SSSR count). The molecule has 6 nitrogen and oxygen atoms in total. The number of carbonyl (C=O) groups excluding carboxylic acids is 2. The van der Waals surface area contributed by atoms with E-state index in [9.17, 15) is 14.4 Å². The number of hydrogen-bond acceptors (Lipinski definition) is 4. The van der Waals surface area contributed by atoms with Crippen LogP contribution in [0.4, 0.5) is 0 Å². The first-order valence-corrected chi connectivity index (χ1v) is 12.8. The summed E-state index contributed by atoms with van der Waals surface area (Å²) in [7, 11) is 0. The van der Waals surface area contributed by atoms with Gasteiger partial charge in [0.15, 0.2) is 0 Å². The van der Waals surface area contributed by atoms with E-state index in [0.717, 1.165) is 57.8 Å². The zero-order valence-corrected chi connectivity index (χ0v) is 20.5. The second kappa shape index (κ2) is 22.3. The standard InChI is InChI=1S/C26H47NO5/c1-3-5-7-8-9-10-11-12-13-17-21-26(31)32-23(18-6-4-2)19-15-14-16-20-24(28)27-22-25(29)30/h7-8,23H,3-6,9-22H2,1-2H3,(H,27,28)(H,29,30)/b8-7-. The minimum Gasteiger partial charge on any atom is -0.480 e. The van der Waals surface area contributed by atoms with Crippen LogP contribution in [0.25, 0.3) is 0 Å². The lowest BCUT2D eigenvalue weighted by Crippen LogP contribution is -2.28. The van der Waals surface area contributed by atoms with Crippen LogP contribution in [0, 0.1) is 0 Å². The number of esters is 1. The molecule has 0 bridgehead atoms. The summed E-state index contributed by atoms with van der Waals surface area (Å²) in [5.41, 5.74) is 0. The van der Waals surface area contributed by atoms with Gasteiger partial charge in [-0.3, -0.25) is 14.4 Å². The molecule has 0 heterocycles. The van der Waals surface area contributed by atoms with Gasteiger partial charge in [0.05, 0.1) is 0 Å². The minimum atomic E-state index is -1.03. The van der Waals surface area contributed by atoms with E-state index in [1.165, 1.54) is 32.1 Å². The molecule has 0 saturated carbocycles. The lowest BCUT2D eigenvalue weighted by Gasteiger charge is -2.18. The van der Waals surface area contributed by atoms with Gasteiger partial charge in [-0.2, -0.15) is 0 Å². The number of aliphatic carboxylic acids is 1. The molecule has 1 unspecified atom stereocenters. The molecule has 0 fully saturated rings. The number of carboxylic acids is 1. The Bertz CT molecular complexity index is 518. The molecule has 0 radical (unpaired) electrons. The number of rotatable bonds is 22. The SMILES string of the molecule is CCC/C=C\CCCCCCCC(=O)OC(CCCC)CCCCCC(=O)NCC(=O)O. The molecular weight excluding hydrogens is 406 g/mol. The fourth-order valence-corrected chi connectivity index (χ4v) is 3.50. The Kier molecular flexibility index (Phi) is 21.1. The third-order valence-electron chi connectivity index (χ3n) is 5.42. The topological polar surface area (TPSA) is 92.7 Å². The van der Waals surface area contributed by atoms with Crippen molar-refractivity contribution in [2.24, 2.45) is 0 Å². The van der Waals surface area contributed by atoms with Gasteiger partial charge in [-0.25, -0.2) is 0 Å². The summed E-state index contributed by atoms with van der Waals surface area (Å²) in [4.78, 5) is 34.2. The number of allylic oxidation sites excluding steroid dienone is 2. The molecule has 186 valence electrons. The van der Waals surface area contributed by atoms with Crippen LogP contribution < -0.4 is 5.32 Å². The molecule has 0 aromatic rings. The van der Waals surface area contributed by atoms with E-state index in [0.29, 0.717) is 19.3 Å². The third kappa shape index (κ3) is 21.4. The number of ether oxygens (including phenoxy) is 1. The van der Waals surface area contributed by atoms with Crippen LogP contribution in [-0.4, -0.2) is 35.6 Å². The highest BCUT2D eigenvalue weighted by atomic mass is 16.5. The highest BCUT2D eigenvalue weighted by Gasteiger charge is 2.14. The molecule has 32 heavy (non-hydrogen) atoms. The maximum absolute atomic E-state index is 12.2. The molecule has 0 aromatic carbocycles. The minimum absolute atomic E-state index is 0.0294. The van der Waals surface area contributed by atoms with Crippen molar-refractivity contribution in [2.45, 2.75) is 129 Å². The summed E-state index contributed by atoms with van der Waals surface area (Å²) in [5.74, 6) is -1.34. The summed E-state index contributed by atoms with van der Waals surface area (Å²) in [6.07, 6.45) is 20.8. The molecular formula is C26H47NO5. The zero-order valence-electron chi connectivity index (χ0n) is 20.5. The predicted molar refractivity (Wildman–Crippen MR) is 130 cm³/mol. The van der Waals surface area contributed by atoms with Crippen LogP contribution in [0.1, 0.15) is 123 Å². The Labute approximate surface area is 195 Å². The van der Waals surface area contributed by atoms with Gasteiger partial charge in [-0.05, 0) is 51.4 Å². The fourth-order valence-electron chi connectivity index (χ4n) is 3.50. The van der Waals surface area contributed by atoms with Crippen molar-refractivity contribution in [3.8, 4) is 0 Å². The summed E-state index contributed by atoms with van der Waals surface area (Å²) in [6, 6.07) is 0.